The Kier molecular flexibility index (Phi) is 7.36. The molecule has 1 atom stereocenters. The van der Waals surface area contributed by atoms with Crippen LogP contribution in [0.25, 0.3) is 0 Å². The molecule has 8 heteroatoms. The van der Waals surface area contributed by atoms with E-state index in [-0.39, 0.29) is 11.8 Å². The molecule has 2 rings (SSSR count). The summed E-state index contributed by atoms with van der Waals surface area (Å²) in [5, 5.41) is 3.04. The number of nitrogens with one attached hydrogen (secondary N) is 1. The van der Waals surface area contributed by atoms with E-state index in [0.717, 1.165) is 5.75 Å². The molecule has 2 amide bonds. The maximum atomic E-state index is 12.5. The van der Waals surface area contributed by atoms with E-state index < -0.39 is 6.04 Å². The Balaban J connectivity index is 2.01. The molecule has 0 spiro atoms. The first-order chi connectivity index (χ1) is 11.5. The van der Waals surface area contributed by atoms with Crippen LogP contribution >= 0.6 is 23.4 Å². The number of benzene rings is 1. The second-order valence-corrected chi connectivity index (χ2v) is 6.87. The first kappa shape index (κ1) is 19.1. The van der Waals surface area contributed by atoms with Crippen LogP contribution in [-0.2, 0) is 9.53 Å². The number of anilines is 1. The Hall–Kier alpha value is -1.28. The topological polar surface area (TPSA) is 84.7 Å². The Morgan fingerprint density at radius 3 is 2.75 bits per heavy atom. The fourth-order valence-corrected chi connectivity index (χ4v) is 3.06. The van der Waals surface area contributed by atoms with Gasteiger partial charge in [-0.15, -0.1) is 0 Å². The lowest BCUT2D eigenvalue weighted by molar-refractivity contribution is -0.117. The van der Waals surface area contributed by atoms with Gasteiger partial charge in [-0.05, 0) is 36.6 Å². The number of nitrogens with two attached hydrogens (primary N) is 1. The molecule has 132 valence electrons. The Bertz CT molecular complexity index is 594. The van der Waals surface area contributed by atoms with Gasteiger partial charge in [-0.1, -0.05) is 11.6 Å². The van der Waals surface area contributed by atoms with Gasteiger partial charge >= 0.3 is 0 Å². The third-order valence-corrected chi connectivity index (χ3v) is 4.69. The minimum absolute atomic E-state index is 0.127. The lowest BCUT2D eigenvalue weighted by Gasteiger charge is -2.27. The molecule has 0 radical (unpaired) electrons. The van der Waals surface area contributed by atoms with Gasteiger partial charge in [0.25, 0.3) is 5.91 Å². The molecule has 1 aromatic rings. The fourth-order valence-electron chi connectivity index (χ4n) is 2.31. The lowest BCUT2D eigenvalue weighted by Crippen LogP contribution is -2.40. The van der Waals surface area contributed by atoms with E-state index in [9.17, 15) is 9.59 Å². The van der Waals surface area contributed by atoms with E-state index in [0.29, 0.717) is 49.0 Å². The third kappa shape index (κ3) is 5.11. The van der Waals surface area contributed by atoms with Crippen molar-refractivity contribution in [3.8, 4) is 0 Å². The van der Waals surface area contributed by atoms with Crippen molar-refractivity contribution in [3.63, 3.8) is 0 Å². The Labute approximate surface area is 151 Å². The fraction of sp³-hybridized carbons (Fsp3) is 0.500. The van der Waals surface area contributed by atoms with Gasteiger partial charge in [-0.2, -0.15) is 11.8 Å². The van der Waals surface area contributed by atoms with Crippen LogP contribution in [-0.4, -0.2) is 61.1 Å². The summed E-state index contributed by atoms with van der Waals surface area (Å²) in [6.45, 7) is 2.17. The minimum atomic E-state index is -0.564. The molecular formula is C16H22ClN3O3S. The number of thioether (sulfide) groups is 1. The molecule has 1 saturated heterocycles. The van der Waals surface area contributed by atoms with Crippen LogP contribution in [0.2, 0.25) is 5.02 Å². The monoisotopic (exact) mass is 371 g/mol. The van der Waals surface area contributed by atoms with Gasteiger partial charge in [0, 0.05) is 18.8 Å². The number of carbonyl (C=O) groups excluding carboxylic acids is 2. The highest BCUT2D eigenvalue weighted by Crippen LogP contribution is 2.23. The highest BCUT2D eigenvalue weighted by Gasteiger charge is 2.21. The van der Waals surface area contributed by atoms with Crippen molar-refractivity contribution in [1.82, 2.24) is 4.90 Å². The molecule has 0 aromatic heterocycles. The van der Waals surface area contributed by atoms with Gasteiger partial charge in [-0.25, -0.2) is 0 Å². The van der Waals surface area contributed by atoms with Gasteiger partial charge in [0.15, 0.2) is 0 Å². The first-order valence-corrected chi connectivity index (χ1v) is 9.52. The lowest BCUT2D eigenvalue weighted by atomic mass is 10.1. The highest BCUT2D eigenvalue weighted by atomic mass is 35.5. The maximum Gasteiger partial charge on any atom is 0.255 e. The van der Waals surface area contributed by atoms with Gasteiger partial charge in [0.05, 0.1) is 29.8 Å². The molecule has 1 aromatic carbocycles. The van der Waals surface area contributed by atoms with Crippen molar-refractivity contribution < 1.29 is 14.3 Å². The maximum absolute atomic E-state index is 12.5. The largest absolute Gasteiger partial charge is 0.378 e. The van der Waals surface area contributed by atoms with Crippen LogP contribution in [0, 0.1) is 0 Å². The second-order valence-electron chi connectivity index (χ2n) is 5.48. The second kappa shape index (κ2) is 9.27. The number of nitrogens with zero attached hydrogens (tertiary/aromatic N) is 1. The molecule has 0 bridgehead atoms. The molecule has 6 nitrogen and oxygen atoms in total. The van der Waals surface area contributed by atoms with Crippen molar-refractivity contribution in [2.45, 2.75) is 12.5 Å². The average molecular weight is 372 g/mol. The van der Waals surface area contributed by atoms with Crippen molar-refractivity contribution >= 4 is 40.9 Å². The first-order valence-electron chi connectivity index (χ1n) is 7.75. The number of halogens is 1. The molecular weight excluding hydrogens is 350 g/mol. The summed E-state index contributed by atoms with van der Waals surface area (Å²) >= 11 is 7.87. The number of hydrogen-bond acceptors (Lipinski definition) is 5. The van der Waals surface area contributed by atoms with Crippen LogP contribution in [0.1, 0.15) is 16.8 Å². The molecule has 24 heavy (non-hydrogen) atoms. The van der Waals surface area contributed by atoms with E-state index in [1.54, 1.807) is 34.9 Å². The van der Waals surface area contributed by atoms with Crippen LogP contribution in [0.15, 0.2) is 18.2 Å². The van der Waals surface area contributed by atoms with E-state index in [4.69, 9.17) is 22.1 Å². The zero-order valence-electron chi connectivity index (χ0n) is 13.6. The summed E-state index contributed by atoms with van der Waals surface area (Å²) in [6.07, 6.45) is 2.57. The van der Waals surface area contributed by atoms with Crippen molar-refractivity contribution in [3.05, 3.63) is 28.8 Å². The van der Waals surface area contributed by atoms with Gasteiger partial charge in [0.2, 0.25) is 5.91 Å². The number of carbonyl (C=O) groups is 2. The Morgan fingerprint density at radius 2 is 2.12 bits per heavy atom. The molecule has 1 aliphatic rings. The van der Waals surface area contributed by atoms with Gasteiger partial charge in [-0.3, -0.25) is 9.59 Å². The summed E-state index contributed by atoms with van der Waals surface area (Å²) in [5.41, 5.74) is 6.78. The van der Waals surface area contributed by atoms with Crippen LogP contribution in [0.3, 0.4) is 0 Å². The van der Waals surface area contributed by atoms with E-state index in [1.165, 1.54) is 0 Å². The Morgan fingerprint density at radius 1 is 1.42 bits per heavy atom. The van der Waals surface area contributed by atoms with Crippen LogP contribution in [0.5, 0.6) is 0 Å². The number of hydrogen-bond donors (Lipinski definition) is 2. The SMILES string of the molecule is CSCC[C@H](N)C(=O)Nc1ccc(C(=O)N2CCOCC2)c(Cl)c1. The average Bonchev–Trinajstić information content (AvgIpc) is 2.60. The van der Waals surface area contributed by atoms with Gasteiger partial charge < -0.3 is 20.7 Å². The predicted molar refractivity (Wildman–Crippen MR) is 97.8 cm³/mol. The van der Waals surface area contributed by atoms with Crippen LogP contribution in [0.4, 0.5) is 5.69 Å². The highest BCUT2D eigenvalue weighted by molar-refractivity contribution is 7.98. The van der Waals surface area contributed by atoms with E-state index in [2.05, 4.69) is 5.32 Å². The summed E-state index contributed by atoms with van der Waals surface area (Å²) in [6, 6.07) is 4.31. The van der Waals surface area contributed by atoms with E-state index in [1.807, 2.05) is 6.26 Å². The summed E-state index contributed by atoms with van der Waals surface area (Å²) < 4.78 is 5.24. The van der Waals surface area contributed by atoms with E-state index >= 15 is 0 Å². The van der Waals surface area contributed by atoms with Crippen LogP contribution < -0.4 is 11.1 Å². The number of amides is 2. The number of rotatable bonds is 6. The van der Waals surface area contributed by atoms with Crippen molar-refractivity contribution in [1.29, 1.82) is 0 Å². The predicted octanol–water partition coefficient (Wildman–Crippen LogP) is 1.83. The molecule has 1 aliphatic heterocycles. The third-order valence-electron chi connectivity index (χ3n) is 3.74. The molecule has 0 unspecified atom stereocenters. The standard InChI is InChI=1S/C16H22ClN3O3S/c1-24-9-4-14(18)15(21)19-11-2-3-12(13(17)10-11)16(22)20-5-7-23-8-6-20/h2-3,10,14H,4-9,18H2,1H3,(H,19,21)/t14-/m0/s1. The smallest absolute Gasteiger partial charge is 0.255 e. The number of ether oxygens (including phenoxy) is 1. The number of morpholine rings is 1. The van der Waals surface area contributed by atoms with Crippen molar-refractivity contribution in [2.75, 3.05) is 43.6 Å². The quantitative estimate of drug-likeness (QED) is 0.796. The zero-order chi connectivity index (χ0) is 17.5. The summed E-state index contributed by atoms with van der Waals surface area (Å²) in [7, 11) is 0. The summed E-state index contributed by atoms with van der Waals surface area (Å²) in [5.74, 6) is 0.438. The van der Waals surface area contributed by atoms with Crippen molar-refractivity contribution in [2.24, 2.45) is 5.73 Å². The summed E-state index contributed by atoms with van der Waals surface area (Å²) in [4.78, 5) is 26.2. The zero-order valence-corrected chi connectivity index (χ0v) is 15.2. The normalized spacial score (nSPS) is 15.9. The minimum Gasteiger partial charge on any atom is -0.378 e. The molecule has 1 fully saturated rings. The molecule has 1 heterocycles. The molecule has 0 saturated carbocycles. The van der Waals surface area contributed by atoms with Gasteiger partial charge in [0.1, 0.15) is 0 Å². The molecule has 3 N–H and O–H groups in total. The molecule has 0 aliphatic carbocycles.